The number of piperidine rings is 1. The van der Waals surface area contributed by atoms with E-state index in [-0.39, 0.29) is 31.0 Å². The summed E-state index contributed by atoms with van der Waals surface area (Å²) in [4.78, 5) is 39.3. The molecule has 10 nitrogen and oxygen atoms in total. The minimum Gasteiger partial charge on any atom is -0.394 e. The van der Waals surface area contributed by atoms with E-state index in [1.54, 1.807) is 12.3 Å². The first-order chi connectivity index (χ1) is 21.4. The molecule has 4 heterocycles. The lowest BCUT2D eigenvalue weighted by Crippen LogP contribution is -2.40. The van der Waals surface area contributed by atoms with Crippen LogP contribution in [0.4, 0.5) is 5.95 Å². The predicted octanol–water partition coefficient (Wildman–Crippen LogP) is 4.00. The van der Waals surface area contributed by atoms with E-state index in [0.29, 0.717) is 53.5 Å². The SMILES string of the molecule is CN1CCC(c2ccc(C(CO)NC(=O)CN3Cc4ccc(-c5nc(NC6CCOCC6)ncc5Cl)cc4C3=O)cc2)CC1. The molecule has 1 atom stereocenters. The van der Waals surface area contributed by atoms with Gasteiger partial charge in [0.25, 0.3) is 5.91 Å². The van der Waals surface area contributed by atoms with Crippen LogP contribution in [0.15, 0.2) is 48.7 Å². The van der Waals surface area contributed by atoms with Crippen LogP contribution in [0.5, 0.6) is 0 Å². The molecule has 3 aliphatic heterocycles. The van der Waals surface area contributed by atoms with Crippen molar-refractivity contribution in [2.75, 3.05) is 51.8 Å². The molecule has 6 rings (SSSR count). The van der Waals surface area contributed by atoms with Gasteiger partial charge in [-0.15, -0.1) is 0 Å². The van der Waals surface area contributed by atoms with Crippen LogP contribution in [0.25, 0.3) is 11.3 Å². The number of likely N-dealkylation sites (tertiary alicyclic amines) is 1. The summed E-state index contributed by atoms with van der Waals surface area (Å²) in [5.41, 5.74) is 4.73. The topological polar surface area (TPSA) is 120 Å². The van der Waals surface area contributed by atoms with Crippen LogP contribution in [0.2, 0.25) is 5.02 Å². The highest BCUT2D eigenvalue weighted by Gasteiger charge is 2.30. The standard InChI is InChI=1S/C33H39ClN6O4/c1-39-12-8-22(9-13-39)21-2-4-23(5-3-21)29(20-41)37-30(42)19-40-18-25-7-6-24(16-27(25)32(40)43)31-28(34)17-35-33(38-31)36-26-10-14-44-15-11-26/h2-7,16-17,22,26,29,41H,8-15,18-20H2,1H3,(H,37,42)(H,35,36,38). The molecule has 0 spiro atoms. The van der Waals surface area contributed by atoms with Crippen molar-refractivity contribution in [3.8, 4) is 11.3 Å². The number of benzene rings is 2. The van der Waals surface area contributed by atoms with E-state index in [1.807, 2.05) is 24.3 Å². The highest BCUT2D eigenvalue weighted by Crippen LogP contribution is 2.32. The van der Waals surface area contributed by atoms with Crippen molar-refractivity contribution in [1.29, 1.82) is 0 Å². The first-order valence-corrected chi connectivity index (χ1v) is 15.7. The Hall–Kier alpha value is -3.57. The second kappa shape index (κ2) is 13.6. The number of aliphatic hydroxyl groups is 1. The largest absolute Gasteiger partial charge is 0.394 e. The Balaban J connectivity index is 1.08. The van der Waals surface area contributed by atoms with Gasteiger partial charge in [0.2, 0.25) is 11.9 Å². The van der Waals surface area contributed by atoms with Gasteiger partial charge >= 0.3 is 0 Å². The number of carbonyl (C=O) groups is 2. The molecule has 0 radical (unpaired) electrons. The minimum atomic E-state index is -0.551. The lowest BCUT2D eigenvalue weighted by atomic mass is 9.89. The van der Waals surface area contributed by atoms with Crippen molar-refractivity contribution in [3.63, 3.8) is 0 Å². The van der Waals surface area contributed by atoms with Crippen LogP contribution >= 0.6 is 11.6 Å². The van der Waals surface area contributed by atoms with Gasteiger partial charge in [0.15, 0.2) is 0 Å². The van der Waals surface area contributed by atoms with Gasteiger partial charge in [-0.3, -0.25) is 9.59 Å². The molecule has 2 fully saturated rings. The van der Waals surface area contributed by atoms with E-state index in [9.17, 15) is 14.7 Å². The van der Waals surface area contributed by atoms with Crippen LogP contribution < -0.4 is 10.6 Å². The van der Waals surface area contributed by atoms with E-state index in [0.717, 1.165) is 49.9 Å². The van der Waals surface area contributed by atoms with Crippen LogP contribution in [-0.2, 0) is 16.1 Å². The van der Waals surface area contributed by atoms with Gasteiger partial charge in [0.1, 0.15) is 6.54 Å². The molecule has 0 aliphatic carbocycles. The molecule has 3 aromatic rings. The summed E-state index contributed by atoms with van der Waals surface area (Å²) >= 11 is 6.48. The molecule has 0 saturated carbocycles. The van der Waals surface area contributed by atoms with Crippen molar-refractivity contribution in [2.24, 2.45) is 0 Å². The summed E-state index contributed by atoms with van der Waals surface area (Å²) in [6.45, 7) is 3.56. The highest BCUT2D eigenvalue weighted by molar-refractivity contribution is 6.33. The summed E-state index contributed by atoms with van der Waals surface area (Å²) < 4.78 is 5.43. The Kier molecular flexibility index (Phi) is 9.42. The molecule has 1 aromatic heterocycles. The number of halogens is 1. The van der Waals surface area contributed by atoms with Crippen LogP contribution in [0, 0.1) is 0 Å². The zero-order chi connectivity index (χ0) is 30.6. The maximum absolute atomic E-state index is 13.4. The minimum absolute atomic E-state index is 0.111. The van der Waals surface area contributed by atoms with Gasteiger partial charge in [-0.1, -0.05) is 48.0 Å². The van der Waals surface area contributed by atoms with Crippen molar-refractivity contribution in [1.82, 2.24) is 25.1 Å². The third kappa shape index (κ3) is 6.89. The lowest BCUT2D eigenvalue weighted by Gasteiger charge is -2.29. The Morgan fingerprint density at radius 1 is 1.11 bits per heavy atom. The Labute approximate surface area is 262 Å². The number of aromatic nitrogens is 2. The van der Waals surface area contributed by atoms with Gasteiger partial charge in [-0.05, 0) is 74.5 Å². The molecule has 2 aromatic carbocycles. The second-order valence-electron chi connectivity index (χ2n) is 12.0. The number of hydrogen-bond donors (Lipinski definition) is 3. The zero-order valence-electron chi connectivity index (χ0n) is 25.0. The lowest BCUT2D eigenvalue weighted by molar-refractivity contribution is -0.122. The molecule has 3 N–H and O–H groups in total. The second-order valence-corrected chi connectivity index (χ2v) is 12.4. The third-order valence-electron chi connectivity index (χ3n) is 8.94. The van der Waals surface area contributed by atoms with Crippen molar-refractivity contribution in [3.05, 3.63) is 75.9 Å². The average molecular weight is 619 g/mol. The number of amides is 2. The number of aliphatic hydroxyl groups excluding tert-OH is 1. The fourth-order valence-electron chi connectivity index (χ4n) is 6.29. The van der Waals surface area contributed by atoms with Gasteiger partial charge in [-0.25, -0.2) is 9.97 Å². The van der Waals surface area contributed by atoms with E-state index in [4.69, 9.17) is 16.3 Å². The molecule has 2 saturated heterocycles. The summed E-state index contributed by atoms with van der Waals surface area (Å²) in [6, 6.07) is 13.4. The Morgan fingerprint density at radius 2 is 1.86 bits per heavy atom. The van der Waals surface area contributed by atoms with Crippen LogP contribution in [0.3, 0.4) is 0 Å². The number of nitrogens with one attached hydrogen (secondary N) is 2. The molecule has 3 aliphatic rings. The molecular formula is C33H39ClN6O4. The monoisotopic (exact) mass is 618 g/mol. The first-order valence-electron chi connectivity index (χ1n) is 15.4. The number of ether oxygens (including phenoxy) is 1. The summed E-state index contributed by atoms with van der Waals surface area (Å²) in [7, 11) is 2.15. The zero-order valence-corrected chi connectivity index (χ0v) is 25.7. The molecule has 2 amide bonds. The number of rotatable bonds is 9. The van der Waals surface area contributed by atoms with Gasteiger partial charge < -0.3 is 30.3 Å². The number of nitrogens with zero attached hydrogens (tertiary/aromatic N) is 4. The third-order valence-corrected chi connectivity index (χ3v) is 9.22. The normalized spacial score (nSPS) is 18.7. The average Bonchev–Trinajstić information content (AvgIpc) is 3.35. The molecule has 1 unspecified atom stereocenters. The number of carbonyl (C=O) groups excluding carboxylic acids is 2. The number of hydrogen-bond acceptors (Lipinski definition) is 8. The molecule has 0 bridgehead atoms. The molecular weight excluding hydrogens is 580 g/mol. The van der Waals surface area contributed by atoms with Crippen molar-refractivity contribution >= 4 is 29.4 Å². The van der Waals surface area contributed by atoms with Crippen LogP contribution in [0.1, 0.15) is 64.7 Å². The van der Waals surface area contributed by atoms with Gasteiger partial charge in [0.05, 0.1) is 29.6 Å². The van der Waals surface area contributed by atoms with E-state index >= 15 is 0 Å². The quantitative estimate of drug-likeness (QED) is 0.329. The predicted molar refractivity (Wildman–Crippen MR) is 169 cm³/mol. The molecule has 232 valence electrons. The van der Waals surface area contributed by atoms with Crippen molar-refractivity contribution < 1.29 is 19.4 Å². The Morgan fingerprint density at radius 3 is 2.59 bits per heavy atom. The van der Waals surface area contributed by atoms with E-state index < -0.39 is 6.04 Å². The fourth-order valence-corrected chi connectivity index (χ4v) is 6.49. The smallest absolute Gasteiger partial charge is 0.254 e. The van der Waals surface area contributed by atoms with Crippen LogP contribution in [-0.4, -0.2) is 89.2 Å². The van der Waals surface area contributed by atoms with Gasteiger partial charge in [-0.2, -0.15) is 0 Å². The first kappa shape index (κ1) is 30.5. The maximum atomic E-state index is 13.4. The summed E-state index contributed by atoms with van der Waals surface area (Å²) in [5, 5.41) is 16.7. The van der Waals surface area contributed by atoms with Gasteiger partial charge in [0, 0.05) is 36.9 Å². The molecule has 11 heteroatoms. The number of fused-ring (bicyclic) bond motifs is 1. The van der Waals surface area contributed by atoms with Crippen molar-refractivity contribution in [2.45, 2.75) is 50.2 Å². The summed E-state index contributed by atoms with van der Waals surface area (Å²) in [5.74, 6) is 0.460. The fraction of sp³-hybridized carbons (Fsp3) is 0.455. The van der Waals surface area contributed by atoms with E-state index in [1.165, 1.54) is 10.5 Å². The Bertz CT molecular complexity index is 1490. The summed E-state index contributed by atoms with van der Waals surface area (Å²) in [6.07, 6.45) is 5.58. The van der Waals surface area contributed by atoms with E-state index in [2.05, 4.69) is 44.7 Å². The highest BCUT2D eigenvalue weighted by atomic mass is 35.5. The molecule has 44 heavy (non-hydrogen) atoms. The maximum Gasteiger partial charge on any atom is 0.254 e. The number of anilines is 1.